The Balaban J connectivity index is 0. The molecule has 0 fully saturated rings. The number of imidazole rings is 2. The first kappa shape index (κ1) is 38.2. The topological polar surface area (TPSA) is 106 Å². The standard InChI is InChI=1S/2C8H14N2.C4H2F8O4S.ClH/c2*1-3-4-5-8-9-6-7-10(8)2;5-1(2(6,7)17(13,14)15)16-4(11,12)3(8,9)10;/h2*6-7H,3-5H2,1-2H3;1H,(H,13,14,15);1H. The Hall–Kier alpha value is -1.98. The van der Waals surface area contributed by atoms with E-state index in [0.29, 0.717) is 0 Å². The van der Waals surface area contributed by atoms with Gasteiger partial charge in [0.1, 0.15) is 24.8 Å². The number of hydrogen-bond acceptors (Lipinski definition) is 4. The summed E-state index contributed by atoms with van der Waals surface area (Å²) in [5.74, 6) is 2.64. The van der Waals surface area contributed by atoms with Crippen LogP contribution >= 0.6 is 0 Å². The van der Waals surface area contributed by atoms with E-state index in [1.54, 1.807) is 0 Å². The van der Waals surface area contributed by atoms with Gasteiger partial charge in [-0.25, -0.2) is 31.9 Å². The van der Waals surface area contributed by atoms with Crippen molar-refractivity contribution >= 4 is 10.1 Å². The minimum atomic E-state index is -6.80. The van der Waals surface area contributed by atoms with Crippen molar-refractivity contribution in [1.82, 2.24) is 9.97 Å². The Morgan fingerprint density at radius 2 is 1.26 bits per heavy atom. The molecule has 0 amide bonds. The van der Waals surface area contributed by atoms with E-state index < -0.39 is 34.0 Å². The second-order valence-corrected chi connectivity index (χ2v) is 9.16. The largest absolute Gasteiger partial charge is 1.00 e. The lowest BCUT2D eigenvalue weighted by atomic mass is 10.2. The summed E-state index contributed by atoms with van der Waals surface area (Å²) in [5.41, 5.74) is 0. The summed E-state index contributed by atoms with van der Waals surface area (Å²) in [4.78, 5) is 6.41. The molecule has 2 N–H and O–H groups in total. The molecular weight excluding hydrogens is 580 g/mol. The molecule has 0 aliphatic rings. The van der Waals surface area contributed by atoms with Gasteiger partial charge in [0, 0.05) is 12.8 Å². The molecule has 0 saturated carbocycles. The number of aryl methyl sites for hydroxylation is 4. The first-order valence-corrected chi connectivity index (χ1v) is 12.4. The molecule has 1 unspecified atom stereocenters. The Morgan fingerprint density at radius 3 is 1.50 bits per heavy atom. The number of halogens is 9. The van der Waals surface area contributed by atoms with Crippen LogP contribution in [-0.4, -0.2) is 46.8 Å². The zero-order chi connectivity index (χ0) is 29.1. The molecule has 0 spiro atoms. The molecule has 2 aromatic heterocycles. The van der Waals surface area contributed by atoms with Crippen LogP contribution in [0.2, 0.25) is 0 Å². The Bertz CT molecular complexity index is 988. The smallest absolute Gasteiger partial charge is 0.483 e. The number of aromatic nitrogens is 4. The number of ether oxygens (including phenoxy) is 1. The summed E-state index contributed by atoms with van der Waals surface area (Å²) >= 11 is 0. The summed E-state index contributed by atoms with van der Waals surface area (Å²) in [6.07, 6.45) is -2.45. The minimum Gasteiger partial charge on any atom is -1.00 e. The lowest BCUT2D eigenvalue weighted by Gasteiger charge is -2.27. The van der Waals surface area contributed by atoms with E-state index in [-0.39, 0.29) is 12.4 Å². The Morgan fingerprint density at radius 1 is 0.895 bits per heavy atom. The first-order valence-electron chi connectivity index (χ1n) is 10.9. The van der Waals surface area contributed by atoms with Gasteiger partial charge in [0.15, 0.2) is 10.1 Å². The van der Waals surface area contributed by atoms with Crippen molar-refractivity contribution in [2.24, 2.45) is 14.1 Å². The van der Waals surface area contributed by atoms with Gasteiger partial charge in [0.05, 0.1) is 14.1 Å². The maximum absolute atomic E-state index is 12.2. The molecule has 2 heterocycles. The van der Waals surface area contributed by atoms with Crippen molar-refractivity contribution in [2.75, 3.05) is 0 Å². The molecule has 224 valence electrons. The molecule has 0 radical (unpaired) electrons. The molecule has 1 atom stereocenters. The summed E-state index contributed by atoms with van der Waals surface area (Å²) in [7, 11) is -2.66. The van der Waals surface area contributed by atoms with Gasteiger partial charge in [0.2, 0.25) is 0 Å². The van der Waals surface area contributed by atoms with Crippen molar-refractivity contribution < 1.29 is 74.4 Å². The number of hydrogen-bond donors (Lipinski definition) is 2. The van der Waals surface area contributed by atoms with Gasteiger partial charge in [-0.15, -0.1) is 0 Å². The van der Waals surface area contributed by atoms with Crippen molar-refractivity contribution in [2.45, 2.75) is 76.3 Å². The Kier molecular flexibility index (Phi) is 16.3. The second kappa shape index (κ2) is 16.2. The fourth-order valence-corrected chi connectivity index (χ4v) is 2.71. The molecule has 2 rings (SSSR count). The normalized spacial score (nSPS) is 13.0. The second-order valence-electron chi connectivity index (χ2n) is 7.71. The van der Waals surface area contributed by atoms with Gasteiger partial charge < -0.3 is 17.0 Å². The average molecular weight is 611 g/mol. The van der Waals surface area contributed by atoms with Crippen LogP contribution in [0.15, 0.2) is 24.8 Å². The van der Waals surface area contributed by atoms with E-state index in [1.807, 2.05) is 29.5 Å². The first-order chi connectivity index (χ1) is 16.8. The summed E-state index contributed by atoms with van der Waals surface area (Å²) in [6, 6.07) is 0. The van der Waals surface area contributed by atoms with Crippen molar-refractivity contribution in [3.8, 4) is 0 Å². The maximum atomic E-state index is 12.2. The van der Waals surface area contributed by atoms with Gasteiger partial charge in [0.25, 0.3) is 18.0 Å². The molecule has 0 bridgehead atoms. The zero-order valence-electron chi connectivity index (χ0n) is 21.0. The van der Waals surface area contributed by atoms with Crippen LogP contribution < -0.4 is 21.5 Å². The number of nitrogens with zero attached hydrogens (tertiary/aromatic N) is 2. The monoisotopic (exact) mass is 610 g/mol. The van der Waals surface area contributed by atoms with E-state index in [1.165, 1.54) is 50.2 Å². The van der Waals surface area contributed by atoms with E-state index in [9.17, 15) is 48.1 Å². The number of unbranched alkanes of at least 4 members (excludes halogenated alkanes) is 2. The SMILES string of the molecule is CCCCc1[nH]cc[n+]1C.CCCCc1[nH]cc[n+]1C.O=S(=O)([O-])C(F)(F)C(F)OC(F)(F)C(F)(F)F.[Cl-]. The lowest BCUT2D eigenvalue weighted by molar-refractivity contribution is -0.678. The number of alkyl halides is 8. The average Bonchev–Trinajstić information content (AvgIpc) is 3.37. The Labute approximate surface area is 221 Å². The molecule has 0 aromatic carbocycles. The van der Waals surface area contributed by atoms with Crippen LogP contribution in [-0.2, 0) is 41.8 Å². The van der Waals surface area contributed by atoms with Crippen molar-refractivity contribution in [3.05, 3.63) is 36.4 Å². The fourth-order valence-electron chi connectivity index (χ4n) is 2.44. The van der Waals surface area contributed by atoms with Crippen LogP contribution in [0, 0.1) is 0 Å². The van der Waals surface area contributed by atoms with Gasteiger partial charge in [-0.1, -0.05) is 26.7 Å². The highest BCUT2D eigenvalue weighted by Gasteiger charge is 2.64. The molecular formula is C20H31ClF8N4O4S. The third-order valence-electron chi connectivity index (χ3n) is 4.66. The number of rotatable bonds is 10. The maximum Gasteiger partial charge on any atom is 0.483 e. The third-order valence-corrected chi connectivity index (χ3v) is 5.51. The lowest BCUT2D eigenvalue weighted by Crippen LogP contribution is -3.00. The van der Waals surface area contributed by atoms with Gasteiger partial charge in [-0.05, 0) is 12.8 Å². The van der Waals surface area contributed by atoms with E-state index >= 15 is 0 Å². The van der Waals surface area contributed by atoms with Gasteiger partial charge >= 0.3 is 17.5 Å². The van der Waals surface area contributed by atoms with Crippen LogP contribution in [0.3, 0.4) is 0 Å². The van der Waals surface area contributed by atoms with Crippen LogP contribution in [0.4, 0.5) is 35.1 Å². The highest BCUT2D eigenvalue weighted by Crippen LogP contribution is 2.40. The predicted octanol–water partition coefficient (Wildman–Crippen LogP) is 0.959. The van der Waals surface area contributed by atoms with Gasteiger partial charge in [-0.3, -0.25) is 4.74 Å². The highest BCUT2D eigenvalue weighted by atomic mass is 35.5. The molecule has 8 nitrogen and oxygen atoms in total. The summed E-state index contributed by atoms with van der Waals surface area (Å²) in [5, 5.41) is -6.08. The van der Waals surface area contributed by atoms with Crippen LogP contribution in [0.25, 0.3) is 0 Å². The van der Waals surface area contributed by atoms with E-state index in [0.717, 1.165) is 0 Å². The zero-order valence-corrected chi connectivity index (χ0v) is 22.5. The van der Waals surface area contributed by atoms with Crippen molar-refractivity contribution in [1.29, 1.82) is 0 Å². The molecule has 18 heteroatoms. The quantitative estimate of drug-likeness (QED) is 0.238. The van der Waals surface area contributed by atoms with Crippen LogP contribution in [0.1, 0.15) is 51.2 Å². The van der Waals surface area contributed by atoms with Crippen LogP contribution in [0.5, 0.6) is 0 Å². The number of aromatic amines is 2. The summed E-state index contributed by atoms with van der Waals surface area (Å²) < 4.78 is 130. The minimum absolute atomic E-state index is 0. The molecule has 0 aliphatic heterocycles. The number of nitrogens with one attached hydrogen (secondary N) is 2. The summed E-state index contributed by atoms with van der Waals surface area (Å²) in [6.45, 7) is 4.42. The number of H-pyrrole nitrogens is 2. The molecule has 0 aliphatic carbocycles. The molecule has 0 saturated heterocycles. The highest BCUT2D eigenvalue weighted by molar-refractivity contribution is 7.86. The molecule has 38 heavy (non-hydrogen) atoms. The van der Waals surface area contributed by atoms with Crippen molar-refractivity contribution in [3.63, 3.8) is 0 Å². The van der Waals surface area contributed by atoms with E-state index in [4.69, 9.17) is 0 Å². The van der Waals surface area contributed by atoms with E-state index in [2.05, 4.69) is 47.0 Å². The predicted molar refractivity (Wildman–Crippen MR) is 113 cm³/mol. The van der Waals surface area contributed by atoms with Gasteiger partial charge in [-0.2, -0.15) is 30.7 Å². The third kappa shape index (κ3) is 12.3. The molecule has 2 aromatic rings. The fraction of sp³-hybridized carbons (Fsp3) is 0.700.